The largest absolute Gasteiger partial charge is 0.444 e. The summed E-state index contributed by atoms with van der Waals surface area (Å²) in [7, 11) is 0. The molecule has 10 nitrogen and oxygen atoms in total. The van der Waals surface area contributed by atoms with Gasteiger partial charge in [0.2, 0.25) is 0 Å². The molecule has 0 unspecified atom stereocenters. The van der Waals surface area contributed by atoms with Gasteiger partial charge in [0.15, 0.2) is 0 Å². The minimum absolute atomic E-state index is 0.187. The van der Waals surface area contributed by atoms with E-state index in [4.69, 9.17) is 32.7 Å². The summed E-state index contributed by atoms with van der Waals surface area (Å²) in [6.45, 7) is 13.0. The fourth-order valence-corrected chi connectivity index (χ4v) is 5.45. The number of carbonyl (C=O) groups is 4. The smallest absolute Gasteiger partial charge is 0.410 e. The molecule has 12 heteroatoms. The van der Waals surface area contributed by atoms with Crippen LogP contribution in [0.1, 0.15) is 86.2 Å². The Hall–Kier alpha value is -3.50. The minimum atomic E-state index is -0.710. The highest BCUT2D eigenvalue weighted by molar-refractivity contribution is 6.17. The molecule has 4 amide bonds. The summed E-state index contributed by atoms with van der Waals surface area (Å²) in [5.41, 5.74) is 1.39. The monoisotopic (exact) mass is 704 g/mol. The van der Waals surface area contributed by atoms with E-state index in [2.05, 4.69) is 0 Å². The Kier molecular flexibility index (Phi) is 14.4. The van der Waals surface area contributed by atoms with Crippen molar-refractivity contribution in [2.45, 2.75) is 77.3 Å². The first-order valence-corrected chi connectivity index (χ1v) is 17.5. The predicted octanol–water partition coefficient (Wildman–Crippen LogP) is 7.02. The Morgan fingerprint density at radius 1 is 0.521 bits per heavy atom. The van der Waals surface area contributed by atoms with E-state index in [0.717, 1.165) is 11.1 Å². The molecule has 264 valence electrons. The molecule has 0 spiro atoms. The lowest BCUT2D eigenvalue weighted by Crippen LogP contribution is -2.47. The molecule has 1 aliphatic heterocycles. The first kappa shape index (κ1) is 38.9. The van der Waals surface area contributed by atoms with Crippen molar-refractivity contribution in [1.29, 1.82) is 0 Å². The van der Waals surface area contributed by atoms with Crippen LogP contribution in [0.5, 0.6) is 0 Å². The highest BCUT2D eigenvalue weighted by Crippen LogP contribution is 2.17. The van der Waals surface area contributed by atoms with Gasteiger partial charge in [-0.1, -0.05) is 24.3 Å². The quantitative estimate of drug-likeness (QED) is 0.318. The van der Waals surface area contributed by atoms with Crippen molar-refractivity contribution in [2.75, 3.05) is 52.4 Å². The second-order valence-electron chi connectivity index (χ2n) is 13.9. The van der Waals surface area contributed by atoms with Crippen LogP contribution in [0, 0.1) is 0 Å². The third-order valence-corrected chi connectivity index (χ3v) is 8.20. The van der Waals surface area contributed by atoms with Crippen molar-refractivity contribution in [3.63, 3.8) is 0 Å². The van der Waals surface area contributed by atoms with Crippen molar-refractivity contribution < 1.29 is 28.7 Å². The molecule has 0 aliphatic carbocycles. The van der Waals surface area contributed by atoms with Crippen LogP contribution in [0.4, 0.5) is 9.59 Å². The van der Waals surface area contributed by atoms with E-state index in [1.54, 1.807) is 43.9 Å². The summed E-state index contributed by atoms with van der Waals surface area (Å²) in [6, 6.07) is 14.3. The van der Waals surface area contributed by atoms with E-state index in [0.29, 0.717) is 61.9 Å². The van der Waals surface area contributed by atoms with E-state index in [9.17, 15) is 19.2 Å². The number of carbonyl (C=O) groups excluding carboxylic acids is 4. The molecule has 0 aromatic heterocycles. The Balaban J connectivity index is 1.92. The molecule has 2 aromatic rings. The normalized spacial score (nSPS) is 15.8. The van der Waals surface area contributed by atoms with Gasteiger partial charge in [-0.15, -0.1) is 23.2 Å². The molecule has 48 heavy (non-hydrogen) atoms. The van der Waals surface area contributed by atoms with Crippen molar-refractivity contribution >= 4 is 47.2 Å². The third kappa shape index (κ3) is 12.5. The number of amides is 4. The zero-order valence-electron chi connectivity index (χ0n) is 29.1. The van der Waals surface area contributed by atoms with Crippen molar-refractivity contribution in [3.05, 3.63) is 70.8 Å². The van der Waals surface area contributed by atoms with Crippen molar-refractivity contribution in [1.82, 2.24) is 19.6 Å². The molecule has 0 N–H and O–H groups in total. The van der Waals surface area contributed by atoms with Gasteiger partial charge in [-0.3, -0.25) is 9.59 Å². The SMILES string of the molecule is CC(C)(C)OC(=O)N1CCCN(C(=O)c2ccc(CCl)cc2)CCN(C(=O)OC(C)(C)C)CCCN(C(=O)c2ccc(CCl)cc2)CC1. The van der Waals surface area contributed by atoms with Gasteiger partial charge in [0.25, 0.3) is 11.8 Å². The van der Waals surface area contributed by atoms with Gasteiger partial charge in [0.1, 0.15) is 11.2 Å². The van der Waals surface area contributed by atoms with Crippen LogP contribution in [-0.2, 0) is 21.2 Å². The second kappa shape index (κ2) is 17.8. The number of benzene rings is 2. The number of hydrogen-bond acceptors (Lipinski definition) is 6. The number of halogens is 2. The van der Waals surface area contributed by atoms with E-state index < -0.39 is 23.4 Å². The summed E-state index contributed by atoms with van der Waals surface area (Å²) in [5.74, 6) is 0.306. The minimum Gasteiger partial charge on any atom is -0.444 e. The molecule has 3 rings (SSSR count). The van der Waals surface area contributed by atoms with Crippen LogP contribution >= 0.6 is 23.2 Å². The summed E-state index contributed by atoms with van der Waals surface area (Å²) < 4.78 is 11.4. The summed E-state index contributed by atoms with van der Waals surface area (Å²) >= 11 is 11.9. The first-order chi connectivity index (χ1) is 22.6. The van der Waals surface area contributed by atoms with Gasteiger partial charge in [0.05, 0.1) is 0 Å². The average molecular weight is 706 g/mol. The van der Waals surface area contributed by atoms with Crippen LogP contribution in [0.15, 0.2) is 48.5 Å². The van der Waals surface area contributed by atoms with E-state index >= 15 is 0 Å². The zero-order valence-corrected chi connectivity index (χ0v) is 30.6. The van der Waals surface area contributed by atoms with Gasteiger partial charge in [-0.05, 0) is 89.8 Å². The standard InChI is InChI=1S/C36H50Cl2N4O6/c1-35(2,3)47-33(45)41-19-7-17-40(32(44)30-15-11-28(26-38)12-16-30)22-24-42(34(46)48-36(4,5)6)20-8-18-39(21-23-41)31(43)29-13-9-27(25-37)10-14-29/h9-16H,7-8,17-26H2,1-6H3. The van der Waals surface area contributed by atoms with Gasteiger partial charge < -0.3 is 29.1 Å². The van der Waals surface area contributed by atoms with Crippen molar-refractivity contribution in [2.24, 2.45) is 0 Å². The Bertz CT molecular complexity index is 1270. The molecular formula is C36H50Cl2N4O6. The van der Waals surface area contributed by atoms with Crippen LogP contribution in [-0.4, -0.2) is 107 Å². The van der Waals surface area contributed by atoms with Crippen LogP contribution in [0.2, 0.25) is 0 Å². The van der Waals surface area contributed by atoms with Crippen LogP contribution in [0.25, 0.3) is 0 Å². The third-order valence-electron chi connectivity index (χ3n) is 7.58. The predicted molar refractivity (Wildman–Crippen MR) is 189 cm³/mol. The molecule has 1 saturated heterocycles. The maximum atomic E-state index is 13.7. The Morgan fingerprint density at radius 3 is 1.10 bits per heavy atom. The number of ether oxygens (including phenoxy) is 2. The van der Waals surface area contributed by atoms with E-state index in [1.165, 1.54) is 0 Å². The van der Waals surface area contributed by atoms with E-state index in [1.807, 2.05) is 65.8 Å². The first-order valence-electron chi connectivity index (χ1n) is 16.4. The highest BCUT2D eigenvalue weighted by atomic mass is 35.5. The Labute approximate surface area is 295 Å². The summed E-state index contributed by atoms with van der Waals surface area (Å²) in [6.07, 6.45) is -0.0750. The molecule has 0 bridgehead atoms. The average Bonchev–Trinajstić information content (AvgIpc) is 3.03. The van der Waals surface area contributed by atoms with E-state index in [-0.39, 0.29) is 38.0 Å². The lowest BCUT2D eigenvalue weighted by Gasteiger charge is -2.33. The van der Waals surface area contributed by atoms with Crippen LogP contribution < -0.4 is 0 Å². The summed E-state index contributed by atoms with van der Waals surface area (Å²) in [5, 5.41) is 0. The molecule has 0 atom stereocenters. The molecule has 2 aromatic carbocycles. The highest BCUT2D eigenvalue weighted by Gasteiger charge is 2.28. The number of rotatable bonds is 4. The number of hydrogen-bond donors (Lipinski definition) is 0. The second-order valence-corrected chi connectivity index (χ2v) is 14.4. The maximum Gasteiger partial charge on any atom is 0.410 e. The molecule has 1 heterocycles. The lowest BCUT2D eigenvalue weighted by molar-refractivity contribution is 0.0179. The van der Waals surface area contributed by atoms with Crippen molar-refractivity contribution in [3.8, 4) is 0 Å². The van der Waals surface area contributed by atoms with Gasteiger partial charge in [-0.2, -0.15) is 0 Å². The maximum absolute atomic E-state index is 13.7. The topological polar surface area (TPSA) is 99.7 Å². The van der Waals surface area contributed by atoms with Gasteiger partial charge in [-0.25, -0.2) is 9.59 Å². The van der Waals surface area contributed by atoms with Gasteiger partial charge >= 0.3 is 12.2 Å². The molecule has 1 aliphatic rings. The number of alkyl halides is 2. The lowest BCUT2D eigenvalue weighted by atomic mass is 10.1. The fraction of sp³-hybridized carbons (Fsp3) is 0.556. The zero-order chi connectivity index (χ0) is 35.5. The number of nitrogens with zero attached hydrogens (tertiary/aromatic N) is 4. The van der Waals surface area contributed by atoms with Gasteiger partial charge in [0, 0.05) is 75.2 Å². The molecule has 1 fully saturated rings. The molecule has 0 radical (unpaired) electrons. The fourth-order valence-electron chi connectivity index (χ4n) is 5.10. The summed E-state index contributed by atoms with van der Waals surface area (Å²) in [4.78, 5) is 60.8. The molecule has 0 saturated carbocycles. The molecular weight excluding hydrogens is 655 g/mol. The van der Waals surface area contributed by atoms with Crippen LogP contribution in [0.3, 0.4) is 0 Å². The Morgan fingerprint density at radius 2 is 0.812 bits per heavy atom.